The van der Waals surface area contributed by atoms with Gasteiger partial charge in [-0.3, -0.25) is 4.90 Å². The molecule has 11 nitrogen and oxygen atoms in total. The Kier molecular flexibility index (Phi) is 11.1. The van der Waals surface area contributed by atoms with Crippen LogP contribution in [-0.2, 0) is 16.1 Å². The second-order valence-electron chi connectivity index (χ2n) is 10.4. The van der Waals surface area contributed by atoms with Crippen LogP contribution < -0.4 is 10.5 Å². The number of halogens is 7. The van der Waals surface area contributed by atoms with Crippen molar-refractivity contribution < 1.29 is 50.9 Å². The molecule has 1 fully saturated rings. The highest BCUT2D eigenvalue weighted by Crippen LogP contribution is 2.41. The van der Waals surface area contributed by atoms with E-state index in [4.69, 9.17) is 47.0 Å². The number of carboxylic acid groups (broad SMARTS) is 2. The van der Waals surface area contributed by atoms with Gasteiger partial charge in [0.05, 0.1) is 17.1 Å². The molecule has 0 amide bonds. The number of anilines is 1. The highest BCUT2D eigenvalue weighted by atomic mass is 35.5. The van der Waals surface area contributed by atoms with Crippen LogP contribution in [0.15, 0.2) is 12.4 Å². The molecule has 1 aliphatic carbocycles. The molecule has 45 heavy (non-hydrogen) atoms. The van der Waals surface area contributed by atoms with Crippen LogP contribution in [0, 0.1) is 13.8 Å². The van der Waals surface area contributed by atoms with Crippen LogP contribution in [0.4, 0.5) is 32.2 Å². The molecule has 1 aromatic carbocycles. The lowest BCUT2D eigenvalue weighted by atomic mass is 9.98. The van der Waals surface area contributed by atoms with Crippen molar-refractivity contribution in [1.29, 1.82) is 0 Å². The Morgan fingerprint density at radius 1 is 1.07 bits per heavy atom. The van der Waals surface area contributed by atoms with Gasteiger partial charge in [0.2, 0.25) is 0 Å². The summed E-state index contributed by atoms with van der Waals surface area (Å²) in [7, 11) is 0. The number of alkyl halides is 6. The third-order valence-corrected chi connectivity index (χ3v) is 7.84. The molecule has 0 radical (unpaired) electrons. The van der Waals surface area contributed by atoms with Gasteiger partial charge < -0.3 is 20.7 Å². The molecule has 0 saturated heterocycles. The molecule has 0 bridgehead atoms. The predicted molar refractivity (Wildman–Crippen MR) is 150 cm³/mol. The average molecular weight is 669 g/mol. The molecule has 3 aromatic rings. The minimum absolute atomic E-state index is 0.115. The maximum absolute atomic E-state index is 10.6. The van der Waals surface area contributed by atoms with E-state index in [0.717, 1.165) is 51.7 Å². The molecule has 1 atom stereocenters. The van der Waals surface area contributed by atoms with Crippen molar-refractivity contribution >= 4 is 40.4 Å². The van der Waals surface area contributed by atoms with Gasteiger partial charge in [-0.1, -0.05) is 24.4 Å². The quantitative estimate of drug-likeness (QED) is 0.296. The van der Waals surface area contributed by atoms with Crippen molar-refractivity contribution in [3.63, 3.8) is 0 Å². The van der Waals surface area contributed by atoms with E-state index < -0.39 is 24.3 Å². The molecule has 3 heterocycles. The number of ether oxygens (including phenoxy) is 1. The monoisotopic (exact) mass is 668 g/mol. The molecule has 0 spiro atoms. The second kappa shape index (κ2) is 14.1. The Hall–Kier alpha value is -3.86. The molecular formula is C27H31ClF6N6O5. The zero-order valence-electron chi connectivity index (χ0n) is 24.3. The number of benzene rings is 1. The summed E-state index contributed by atoms with van der Waals surface area (Å²) in [6.07, 6.45) is -3.48. The largest absolute Gasteiger partial charge is 0.492 e. The lowest BCUT2D eigenvalue weighted by Gasteiger charge is -2.27. The maximum atomic E-state index is 10.6. The summed E-state index contributed by atoms with van der Waals surface area (Å²) in [6.45, 7) is 8.63. The Labute approximate surface area is 257 Å². The number of carbonyl (C=O) groups is 2. The lowest BCUT2D eigenvalue weighted by Crippen LogP contribution is -2.34. The van der Waals surface area contributed by atoms with Gasteiger partial charge in [-0.2, -0.15) is 31.4 Å². The van der Waals surface area contributed by atoms with Crippen LogP contribution in [0.2, 0.25) is 5.02 Å². The van der Waals surface area contributed by atoms with Gasteiger partial charge in [0, 0.05) is 35.3 Å². The highest BCUT2D eigenvalue weighted by molar-refractivity contribution is 6.31. The van der Waals surface area contributed by atoms with E-state index >= 15 is 0 Å². The van der Waals surface area contributed by atoms with Crippen molar-refractivity contribution in [3.05, 3.63) is 39.8 Å². The number of rotatable bonds is 3. The molecule has 2 aliphatic rings. The first kappa shape index (κ1) is 35.6. The molecule has 5 rings (SSSR count). The highest BCUT2D eigenvalue weighted by Gasteiger charge is 2.39. The zero-order chi connectivity index (χ0) is 33.9. The van der Waals surface area contributed by atoms with E-state index in [0.29, 0.717) is 18.5 Å². The number of fused-ring (bicyclic) bond motifs is 2. The van der Waals surface area contributed by atoms with Crippen LogP contribution >= 0.6 is 11.6 Å². The molecular weight excluding hydrogens is 638 g/mol. The molecule has 1 unspecified atom stereocenters. The molecule has 1 aliphatic heterocycles. The minimum atomic E-state index is -5.08. The summed E-state index contributed by atoms with van der Waals surface area (Å²) in [5.74, 6) is -4.12. The third-order valence-electron chi connectivity index (χ3n) is 7.45. The Morgan fingerprint density at radius 2 is 1.62 bits per heavy atom. The number of hydrogen-bond donors (Lipinski definition) is 3. The average Bonchev–Trinajstić information content (AvgIpc) is 3.53. The van der Waals surface area contributed by atoms with Gasteiger partial charge in [0.15, 0.2) is 5.65 Å². The number of nitrogens with two attached hydrogens (primary N) is 1. The van der Waals surface area contributed by atoms with Crippen molar-refractivity contribution in [3.8, 4) is 5.75 Å². The van der Waals surface area contributed by atoms with Crippen LogP contribution in [0.3, 0.4) is 0 Å². The summed E-state index contributed by atoms with van der Waals surface area (Å²) >= 11 is 6.74. The van der Waals surface area contributed by atoms with E-state index in [-0.39, 0.29) is 6.04 Å². The number of hydrogen-bond acceptors (Lipinski definition) is 8. The van der Waals surface area contributed by atoms with E-state index in [1.807, 2.05) is 17.7 Å². The van der Waals surface area contributed by atoms with Gasteiger partial charge in [-0.15, -0.1) is 0 Å². The fourth-order valence-corrected chi connectivity index (χ4v) is 5.40. The van der Waals surface area contributed by atoms with Crippen molar-refractivity contribution in [2.75, 3.05) is 18.9 Å². The summed E-state index contributed by atoms with van der Waals surface area (Å²) in [4.78, 5) is 29.0. The van der Waals surface area contributed by atoms with Gasteiger partial charge >= 0.3 is 24.3 Å². The zero-order valence-corrected chi connectivity index (χ0v) is 25.1. The first-order chi connectivity index (χ1) is 20.8. The van der Waals surface area contributed by atoms with Crippen molar-refractivity contribution in [1.82, 2.24) is 24.6 Å². The van der Waals surface area contributed by atoms with Crippen LogP contribution in [0.1, 0.15) is 61.0 Å². The molecule has 18 heteroatoms. The van der Waals surface area contributed by atoms with Crippen molar-refractivity contribution in [2.45, 2.75) is 77.4 Å². The number of aromatic nitrogens is 4. The van der Waals surface area contributed by atoms with Crippen molar-refractivity contribution in [2.24, 2.45) is 0 Å². The van der Waals surface area contributed by atoms with E-state index in [1.54, 1.807) is 0 Å². The first-order valence-electron chi connectivity index (χ1n) is 13.6. The van der Waals surface area contributed by atoms with E-state index in [9.17, 15) is 26.3 Å². The van der Waals surface area contributed by atoms with Gasteiger partial charge in [0.1, 0.15) is 24.5 Å². The van der Waals surface area contributed by atoms with Gasteiger partial charge in [-0.25, -0.2) is 24.2 Å². The number of nitrogen functional groups attached to an aromatic ring is 1. The maximum Gasteiger partial charge on any atom is 0.490 e. The SMILES string of the molecule is Cc1c(Cl)cc(C(C)n2nc(C)c3c(N)ncnc32)c2c1CN(C1CCCC1)CCO2.O=C(O)C(F)(F)F.O=C(O)C(F)(F)F. The smallest absolute Gasteiger partial charge is 0.490 e. The molecule has 2 aromatic heterocycles. The predicted octanol–water partition coefficient (Wildman–Crippen LogP) is 5.69. The minimum Gasteiger partial charge on any atom is -0.492 e. The summed E-state index contributed by atoms with van der Waals surface area (Å²) in [5, 5.41) is 20.6. The first-order valence-corrected chi connectivity index (χ1v) is 14.0. The Bertz CT molecular complexity index is 1520. The summed E-state index contributed by atoms with van der Waals surface area (Å²) < 4.78 is 71.8. The number of nitrogens with zero attached hydrogens (tertiary/aromatic N) is 5. The second-order valence-corrected chi connectivity index (χ2v) is 10.8. The fraction of sp³-hybridized carbons (Fsp3) is 0.519. The molecule has 4 N–H and O–H groups in total. The van der Waals surface area contributed by atoms with Crippen LogP contribution in [0.25, 0.3) is 11.0 Å². The topological polar surface area (TPSA) is 157 Å². The third kappa shape index (κ3) is 8.45. The normalized spacial score (nSPS) is 16.4. The standard InChI is InChI=1S/C23H29ClN6O.2C2HF3O2/c1-13-18-11-29(16-6-4-5-7-16)8-9-31-21(18)17(10-19(13)24)15(3)30-23-20(14(2)28-30)22(25)26-12-27-23;2*3-2(4,5)1(6)7/h10,12,15-16H,4-9,11H2,1-3H3,(H2,25,26,27);2*(H,6,7). The number of aryl methyl sites for hydroxylation is 1. The molecule has 1 saturated carbocycles. The summed E-state index contributed by atoms with van der Waals surface area (Å²) in [6, 6.07) is 2.56. The fourth-order valence-electron chi connectivity index (χ4n) is 5.17. The Balaban J connectivity index is 0.000000331. The molecule has 248 valence electrons. The van der Waals surface area contributed by atoms with E-state index in [1.165, 1.54) is 37.6 Å². The number of aliphatic carboxylic acids is 2. The Morgan fingerprint density at radius 3 is 2.16 bits per heavy atom. The summed E-state index contributed by atoms with van der Waals surface area (Å²) in [5.41, 5.74) is 11.0. The number of carboxylic acids is 2. The van der Waals surface area contributed by atoms with Crippen LogP contribution in [-0.4, -0.2) is 78.3 Å². The van der Waals surface area contributed by atoms with Crippen LogP contribution in [0.5, 0.6) is 5.75 Å². The lowest BCUT2D eigenvalue weighted by molar-refractivity contribution is -0.193. The van der Waals surface area contributed by atoms with Gasteiger partial charge in [-0.05, 0) is 45.2 Å². The van der Waals surface area contributed by atoms with Gasteiger partial charge in [0.25, 0.3) is 0 Å². The van der Waals surface area contributed by atoms with E-state index in [2.05, 4.69) is 28.7 Å².